The number of rotatable bonds is 2. The molecule has 66 valence electrons. The van der Waals surface area contributed by atoms with Crippen molar-refractivity contribution < 1.29 is 0 Å². The molecule has 0 atom stereocenters. The lowest BCUT2D eigenvalue weighted by molar-refractivity contribution is 0.835. The number of hydrogen-bond acceptors (Lipinski definition) is 3. The van der Waals surface area contributed by atoms with Crippen molar-refractivity contribution >= 4 is 5.82 Å². The molecule has 1 rings (SSSR count). The summed E-state index contributed by atoms with van der Waals surface area (Å²) < 4.78 is 0. The van der Waals surface area contributed by atoms with E-state index in [-0.39, 0.29) is 0 Å². The average Bonchev–Trinajstić information content (AvgIpc) is 2.03. The van der Waals surface area contributed by atoms with Crippen LogP contribution in [-0.4, -0.2) is 4.98 Å². The Morgan fingerprint density at radius 3 is 2.58 bits per heavy atom. The van der Waals surface area contributed by atoms with Gasteiger partial charge >= 0.3 is 0 Å². The molecule has 0 unspecified atom stereocenters. The Kier molecular flexibility index (Phi) is 2.65. The summed E-state index contributed by atoms with van der Waals surface area (Å²) in [6.07, 6.45) is 1.73. The first-order valence-corrected chi connectivity index (χ1v) is 4.10. The van der Waals surface area contributed by atoms with Gasteiger partial charge in [-0.3, -0.25) is 0 Å². The van der Waals surface area contributed by atoms with Crippen LogP contribution < -0.4 is 11.5 Å². The number of nitrogen functional groups attached to an aromatic ring is 1. The Bertz CT molecular complexity index is 268. The van der Waals surface area contributed by atoms with Gasteiger partial charge in [0.2, 0.25) is 0 Å². The summed E-state index contributed by atoms with van der Waals surface area (Å²) in [4.78, 5) is 3.99. The van der Waals surface area contributed by atoms with Gasteiger partial charge in [-0.1, -0.05) is 13.8 Å². The van der Waals surface area contributed by atoms with E-state index in [0.29, 0.717) is 18.3 Å². The zero-order valence-electron chi connectivity index (χ0n) is 7.54. The minimum Gasteiger partial charge on any atom is -0.383 e. The van der Waals surface area contributed by atoms with Gasteiger partial charge < -0.3 is 11.5 Å². The zero-order chi connectivity index (χ0) is 9.14. The highest BCUT2D eigenvalue weighted by Crippen LogP contribution is 2.21. The van der Waals surface area contributed by atoms with Gasteiger partial charge in [-0.25, -0.2) is 4.98 Å². The molecule has 0 fully saturated rings. The van der Waals surface area contributed by atoms with E-state index in [2.05, 4.69) is 18.8 Å². The van der Waals surface area contributed by atoms with Gasteiger partial charge in [-0.2, -0.15) is 0 Å². The maximum absolute atomic E-state index is 5.68. The van der Waals surface area contributed by atoms with Gasteiger partial charge in [0.05, 0.1) is 0 Å². The van der Waals surface area contributed by atoms with E-state index < -0.39 is 0 Å². The number of nitrogens with zero attached hydrogens (tertiary/aromatic N) is 1. The van der Waals surface area contributed by atoms with Crippen LogP contribution in [0.4, 0.5) is 5.82 Å². The molecule has 0 aromatic carbocycles. The fraction of sp³-hybridized carbons (Fsp3) is 0.444. The molecule has 1 aromatic heterocycles. The van der Waals surface area contributed by atoms with Crippen molar-refractivity contribution in [1.29, 1.82) is 0 Å². The molecular formula is C9H15N3. The maximum atomic E-state index is 5.68. The van der Waals surface area contributed by atoms with Crippen LogP contribution in [0.25, 0.3) is 0 Å². The third kappa shape index (κ3) is 1.56. The third-order valence-electron chi connectivity index (χ3n) is 1.95. The molecule has 0 saturated heterocycles. The van der Waals surface area contributed by atoms with Crippen LogP contribution >= 0.6 is 0 Å². The summed E-state index contributed by atoms with van der Waals surface area (Å²) in [5.74, 6) is 1.01. The number of aromatic nitrogens is 1. The first-order valence-electron chi connectivity index (χ1n) is 4.10. The minimum absolute atomic E-state index is 0.453. The summed E-state index contributed by atoms with van der Waals surface area (Å²) in [5.41, 5.74) is 13.4. The lowest BCUT2D eigenvalue weighted by Crippen LogP contribution is -2.08. The van der Waals surface area contributed by atoms with E-state index in [1.807, 2.05) is 6.07 Å². The van der Waals surface area contributed by atoms with Gasteiger partial charge in [0.1, 0.15) is 5.82 Å². The van der Waals surface area contributed by atoms with Crippen LogP contribution in [0, 0.1) is 0 Å². The van der Waals surface area contributed by atoms with Crippen LogP contribution in [0.1, 0.15) is 30.9 Å². The molecule has 1 aromatic rings. The summed E-state index contributed by atoms with van der Waals surface area (Å²) in [6, 6.07) is 1.98. The van der Waals surface area contributed by atoms with E-state index in [0.717, 1.165) is 5.56 Å². The van der Waals surface area contributed by atoms with E-state index in [4.69, 9.17) is 11.5 Å². The molecule has 3 nitrogen and oxygen atoms in total. The van der Waals surface area contributed by atoms with E-state index in [1.54, 1.807) is 6.20 Å². The highest BCUT2D eigenvalue weighted by molar-refractivity contribution is 5.45. The monoisotopic (exact) mass is 165 g/mol. The van der Waals surface area contributed by atoms with Gasteiger partial charge in [0.15, 0.2) is 0 Å². The largest absolute Gasteiger partial charge is 0.383 e. The molecule has 0 spiro atoms. The minimum atomic E-state index is 0.453. The van der Waals surface area contributed by atoms with Gasteiger partial charge in [0.25, 0.3) is 0 Å². The fourth-order valence-electron chi connectivity index (χ4n) is 1.29. The van der Waals surface area contributed by atoms with Crippen LogP contribution in [-0.2, 0) is 6.54 Å². The lowest BCUT2D eigenvalue weighted by atomic mass is 9.99. The molecule has 0 aliphatic heterocycles. The SMILES string of the molecule is CC(C)c1ccnc(N)c1CN. The van der Waals surface area contributed by atoms with Gasteiger partial charge in [-0.15, -0.1) is 0 Å². The first-order chi connectivity index (χ1) is 5.66. The molecule has 4 N–H and O–H groups in total. The van der Waals surface area contributed by atoms with E-state index in [9.17, 15) is 0 Å². The van der Waals surface area contributed by atoms with Gasteiger partial charge in [0, 0.05) is 18.3 Å². The van der Waals surface area contributed by atoms with Gasteiger partial charge in [-0.05, 0) is 17.5 Å². The highest BCUT2D eigenvalue weighted by Gasteiger charge is 2.07. The Hall–Kier alpha value is -1.09. The Morgan fingerprint density at radius 2 is 2.17 bits per heavy atom. The summed E-state index contributed by atoms with van der Waals surface area (Å²) >= 11 is 0. The summed E-state index contributed by atoms with van der Waals surface area (Å²) in [6.45, 7) is 4.70. The molecule has 0 aliphatic carbocycles. The molecule has 0 amide bonds. The molecular weight excluding hydrogens is 150 g/mol. The predicted octanol–water partition coefficient (Wildman–Crippen LogP) is 1.25. The summed E-state index contributed by atoms with van der Waals surface area (Å²) in [7, 11) is 0. The molecule has 0 bridgehead atoms. The predicted molar refractivity (Wildman–Crippen MR) is 50.6 cm³/mol. The highest BCUT2D eigenvalue weighted by atomic mass is 14.8. The van der Waals surface area contributed by atoms with Crippen LogP contribution in [0.5, 0.6) is 0 Å². The molecule has 12 heavy (non-hydrogen) atoms. The van der Waals surface area contributed by atoms with Crippen molar-refractivity contribution in [2.24, 2.45) is 5.73 Å². The smallest absolute Gasteiger partial charge is 0.128 e. The number of anilines is 1. The Balaban J connectivity index is 3.18. The molecule has 0 aliphatic rings. The van der Waals surface area contributed by atoms with Crippen LogP contribution in [0.15, 0.2) is 12.3 Å². The normalized spacial score (nSPS) is 10.7. The third-order valence-corrected chi connectivity index (χ3v) is 1.95. The Morgan fingerprint density at radius 1 is 1.50 bits per heavy atom. The standard InChI is InChI=1S/C9H15N3/c1-6(2)7-3-4-12-9(11)8(7)5-10/h3-4,6H,5,10H2,1-2H3,(H2,11,12). The zero-order valence-corrected chi connectivity index (χ0v) is 7.54. The van der Waals surface area contributed by atoms with Crippen molar-refractivity contribution in [3.8, 4) is 0 Å². The van der Waals surface area contributed by atoms with Crippen molar-refractivity contribution in [1.82, 2.24) is 4.98 Å². The first kappa shape index (κ1) is 9.00. The fourth-order valence-corrected chi connectivity index (χ4v) is 1.29. The number of nitrogens with two attached hydrogens (primary N) is 2. The number of hydrogen-bond donors (Lipinski definition) is 2. The van der Waals surface area contributed by atoms with Crippen molar-refractivity contribution in [2.45, 2.75) is 26.3 Å². The summed E-state index contributed by atoms with van der Waals surface area (Å²) in [5, 5.41) is 0. The van der Waals surface area contributed by atoms with Crippen molar-refractivity contribution in [3.05, 3.63) is 23.4 Å². The molecule has 0 radical (unpaired) electrons. The number of pyridine rings is 1. The Labute approximate surface area is 72.8 Å². The second kappa shape index (κ2) is 3.54. The van der Waals surface area contributed by atoms with Crippen molar-refractivity contribution in [2.75, 3.05) is 5.73 Å². The van der Waals surface area contributed by atoms with E-state index in [1.165, 1.54) is 5.56 Å². The second-order valence-corrected chi connectivity index (χ2v) is 3.12. The maximum Gasteiger partial charge on any atom is 0.128 e. The lowest BCUT2D eigenvalue weighted by Gasteiger charge is -2.11. The molecule has 3 heteroatoms. The van der Waals surface area contributed by atoms with Crippen LogP contribution in [0.3, 0.4) is 0 Å². The second-order valence-electron chi connectivity index (χ2n) is 3.12. The topological polar surface area (TPSA) is 64.9 Å². The van der Waals surface area contributed by atoms with E-state index >= 15 is 0 Å². The average molecular weight is 165 g/mol. The quantitative estimate of drug-likeness (QED) is 0.693. The van der Waals surface area contributed by atoms with Crippen molar-refractivity contribution in [3.63, 3.8) is 0 Å². The van der Waals surface area contributed by atoms with Crippen LogP contribution in [0.2, 0.25) is 0 Å². The molecule has 0 saturated carbocycles. The molecule has 1 heterocycles.